The Morgan fingerprint density at radius 3 is 3.00 bits per heavy atom. The van der Waals surface area contributed by atoms with Crippen LogP contribution in [0.2, 0.25) is 0 Å². The van der Waals surface area contributed by atoms with Crippen molar-refractivity contribution >= 4 is 22.8 Å². The quantitative estimate of drug-likeness (QED) is 0.868. The number of benzene rings is 1. The molecule has 0 unspecified atom stereocenters. The van der Waals surface area contributed by atoms with Gasteiger partial charge in [-0.3, -0.25) is 9.59 Å². The molecule has 2 aromatic rings. The van der Waals surface area contributed by atoms with Crippen molar-refractivity contribution in [1.29, 1.82) is 0 Å². The summed E-state index contributed by atoms with van der Waals surface area (Å²) in [5.41, 5.74) is 0.863. The Hall–Kier alpha value is -2.44. The van der Waals surface area contributed by atoms with Crippen molar-refractivity contribution in [3.05, 3.63) is 29.8 Å². The summed E-state index contributed by atoms with van der Waals surface area (Å²) in [5.74, 6) is -1.12. The Bertz CT molecular complexity index is 712. The first-order valence-electron chi connectivity index (χ1n) is 6.74. The van der Waals surface area contributed by atoms with E-state index in [4.69, 9.17) is 0 Å². The number of likely N-dealkylation sites (tertiary alicyclic amines) is 1. The molecule has 2 N–H and O–H groups in total. The zero-order valence-corrected chi connectivity index (χ0v) is 11.5. The van der Waals surface area contributed by atoms with E-state index in [-0.39, 0.29) is 17.5 Å². The summed E-state index contributed by atoms with van der Waals surface area (Å²) < 4.78 is 13.9. The van der Waals surface area contributed by atoms with Crippen molar-refractivity contribution in [3.63, 3.8) is 0 Å². The maximum absolute atomic E-state index is 13.9. The maximum atomic E-state index is 13.9. The number of rotatable bonds is 2. The standard InChI is InChI=1S/C14H15FN4O2/c1-8(20)19-5-4-9(6-19)18-14(21)12-10(15)2-3-11-13(12)17-7-16-11/h2-3,7,9H,4-6H2,1H3,(H,16,17)(H,18,21)/t9-/m1/s1. The zero-order valence-electron chi connectivity index (χ0n) is 11.5. The average molecular weight is 290 g/mol. The summed E-state index contributed by atoms with van der Waals surface area (Å²) in [6, 6.07) is 2.63. The van der Waals surface area contributed by atoms with Crippen molar-refractivity contribution in [3.8, 4) is 0 Å². The smallest absolute Gasteiger partial charge is 0.256 e. The van der Waals surface area contributed by atoms with Gasteiger partial charge in [0, 0.05) is 26.1 Å². The summed E-state index contributed by atoms with van der Waals surface area (Å²) >= 11 is 0. The van der Waals surface area contributed by atoms with Crippen molar-refractivity contribution in [1.82, 2.24) is 20.2 Å². The molecule has 1 atom stereocenters. The molecule has 1 aromatic heterocycles. The number of aromatic amines is 1. The molecule has 0 saturated carbocycles. The molecule has 2 heterocycles. The Balaban J connectivity index is 1.80. The summed E-state index contributed by atoms with van der Waals surface area (Å²) in [4.78, 5) is 32.1. The molecular formula is C14H15FN4O2. The lowest BCUT2D eigenvalue weighted by molar-refractivity contribution is -0.127. The second kappa shape index (κ2) is 5.16. The van der Waals surface area contributed by atoms with Gasteiger partial charge in [0.25, 0.3) is 5.91 Å². The van der Waals surface area contributed by atoms with E-state index in [2.05, 4.69) is 15.3 Å². The number of carbonyl (C=O) groups is 2. The molecule has 21 heavy (non-hydrogen) atoms. The van der Waals surface area contributed by atoms with Crippen LogP contribution in [0.25, 0.3) is 11.0 Å². The third-order valence-electron chi connectivity index (χ3n) is 3.74. The maximum Gasteiger partial charge on any atom is 0.256 e. The Morgan fingerprint density at radius 2 is 2.29 bits per heavy atom. The lowest BCUT2D eigenvalue weighted by Crippen LogP contribution is -2.38. The normalized spacial score (nSPS) is 18.2. The van der Waals surface area contributed by atoms with Gasteiger partial charge in [-0.25, -0.2) is 9.37 Å². The van der Waals surface area contributed by atoms with Gasteiger partial charge in [0.05, 0.1) is 11.8 Å². The number of hydrogen-bond acceptors (Lipinski definition) is 3. The fourth-order valence-electron chi connectivity index (χ4n) is 2.62. The highest BCUT2D eigenvalue weighted by Crippen LogP contribution is 2.19. The zero-order chi connectivity index (χ0) is 15.0. The molecule has 6 nitrogen and oxygen atoms in total. The van der Waals surface area contributed by atoms with Gasteiger partial charge in [0.1, 0.15) is 16.9 Å². The Morgan fingerprint density at radius 1 is 1.48 bits per heavy atom. The highest BCUT2D eigenvalue weighted by molar-refractivity contribution is 6.05. The van der Waals surface area contributed by atoms with Gasteiger partial charge < -0.3 is 15.2 Å². The minimum absolute atomic E-state index is 0.0210. The minimum Gasteiger partial charge on any atom is -0.347 e. The van der Waals surface area contributed by atoms with E-state index in [1.165, 1.54) is 19.3 Å². The largest absolute Gasteiger partial charge is 0.347 e. The molecule has 110 valence electrons. The first-order chi connectivity index (χ1) is 10.1. The number of amides is 2. The predicted molar refractivity (Wildman–Crippen MR) is 74.2 cm³/mol. The van der Waals surface area contributed by atoms with E-state index in [9.17, 15) is 14.0 Å². The molecule has 0 spiro atoms. The number of hydrogen-bond donors (Lipinski definition) is 2. The van der Waals surface area contributed by atoms with E-state index < -0.39 is 11.7 Å². The number of carbonyl (C=O) groups excluding carboxylic acids is 2. The monoisotopic (exact) mass is 290 g/mol. The molecule has 2 amide bonds. The number of imidazole rings is 1. The van der Waals surface area contributed by atoms with Gasteiger partial charge in [-0.05, 0) is 18.6 Å². The second-order valence-corrected chi connectivity index (χ2v) is 5.15. The lowest BCUT2D eigenvalue weighted by atomic mass is 10.1. The van der Waals surface area contributed by atoms with Crippen LogP contribution in [-0.2, 0) is 4.79 Å². The summed E-state index contributed by atoms with van der Waals surface area (Å²) in [6.45, 7) is 2.56. The van der Waals surface area contributed by atoms with Gasteiger partial charge >= 0.3 is 0 Å². The molecule has 0 radical (unpaired) electrons. The topological polar surface area (TPSA) is 78.1 Å². The van der Waals surface area contributed by atoms with Crippen LogP contribution < -0.4 is 5.32 Å². The fourth-order valence-corrected chi connectivity index (χ4v) is 2.62. The first-order valence-corrected chi connectivity index (χ1v) is 6.74. The van der Waals surface area contributed by atoms with Crippen molar-refractivity contribution in [2.75, 3.05) is 13.1 Å². The highest BCUT2D eigenvalue weighted by Gasteiger charge is 2.27. The van der Waals surface area contributed by atoms with Crippen LogP contribution in [0.3, 0.4) is 0 Å². The lowest BCUT2D eigenvalue weighted by Gasteiger charge is -2.15. The minimum atomic E-state index is -0.603. The molecule has 0 aliphatic carbocycles. The third-order valence-corrected chi connectivity index (χ3v) is 3.74. The Kier molecular flexibility index (Phi) is 3.32. The highest BCUT2D eigenvalue weighted by atomic mass is 19.1. The Labute approximate surface area is 120 Å². The number of aromatic nitrogens is 2. The number of halogens is 1. The molecular weight excluding hydrogens is 275 g/mol. The van der Waals surface area contributed by atoms with Crippen LogP contribution in [0.15, 0.2) is 18.5 Å². The molecule has 1 aromatic carbocycles. The van der Waals surface area contributed by atoms with E-state index in [0.29, 0.717) is 30.5 Å². The molecule has 1 aliphatic rings. The number of nitrogens with one attached hydrogen (secondary N) is 2. The summed E-state index contributed by atoms with van der Waals surface area (Å²) in [7, 11) is 0. The van der Waals surface area contributed by atoms with Crippen molar-refractivity contribution in [2.45, 2.75) is 19.4 Å². The van der Waals surface area contributed by atoms with Crippen LogP contribution >= 0.6 is 0 Å². The molecule has 0 bridgehead atoms. The van der Waals surface area contributed by atoms with Crippen LogP contribution in [-0.4, -0.2) is 45.8 Å². The van der Waals surface area contributed by atoms with E-state index in [1.807, 2.05) is 0 Å². The first kappa shape index (κ1) is 13.5. The molecule has 3 rings (SSSR count). The van der Waals surface area contributed by atoms with Gasteiger partial charge in [-0.15, -0.1) is 0 Å². The van der Waals surface area contributed by atoms with Crippen LogP contribution in [0.1, 0.15) is 23.7 Å². The SMILES string of the molecule is CC(=O)N1CC[C@@H](NC(=O)c2c(F)ccc3[nH]cnc23)C1. The van der Waals surface area contributed by atoms with Crippen molar-refractivity contribution < 1.29 is 14.0 Å². The number of fused-ring (bicyclic) bond motifs is 1. The van der Waals surface area contributed by atoms with Crippen LogP contribution in [0.4, 0.5) is 4.39 Å². The van der Waals surface area contributed by atoms with Gasteiger partial charge in [0.2, 0.25) is 5.91 Å². The second-order valence-electron chi connectivity index (χ2n) is 5.15. The number of nitrogens with zero attached hydrogens (tertiary/aromatic N) is 2. The van der Waals surface area contributed by atoms with Gasteiger partial charge in [0.15, 0.2) is 0 Å². The summed E-state index contributed by atoms with van der Waals surface area (Å²) in [5, 5.41) is 2.78. The van der Waals surface area contributed by atoms with Crippen LogP contribution in [0.5, 0.6) is 0 Å². The molecule has 1 fully saturated rings. The fraction of sp³-hybridized carbons (Fsp3) is 0.357. The predicted octanol–water partition coefficient (Wildman–Crippen LogP) is 1.05. The molecule has 7 heteroatoms. The van der Waals surface area contributed by atoms with Gasteiger partial charge in [-0.1, -0.05) is 0 Å². The molecule has 1 aliphatic heterocycles. The average Bonchev–Trinajstić information content (AvgIpc) is 3.06. The third kappa shape index (κ3) is 2.46. The van der Waals surface area contributed by atoms with Crippen molar-refractivity contribution in [2.24, 2.45) is 0 Å². The van der Waals surface area contributed by atoms with E-state index >= 15 is 0 Å². The molecule has 1 saturated heterocycles. The van der Waals surface area contributed by atoms with Gasteiger partial charge in [-0.2, -0.15) is 0 Å². The van der Waals surface area contributed by atoms with Crippen LogP contribution in [0, 0.1) is 5.82 Å². The summed E-state index contributed by atoms with van der Waals surface area (Å²) in [6.07, 6.45) is 2.09. The number of H-pyrrole nitrogens is 1. The van der Waals surface area contributed by atoms with E-state index in [1.54, 1.807) is 11.0 Å². The van der Waals surface area contributed by atoms with E-state index in [0.717, 1.165) is 0 Å².